The van der Waals surface area contributed by atoms with E-state index in [1.54, 1.807) is 17.2 Å². The van der Waals surface area contributed by atoms with Gasteiger partial charge in [0.05, 0.1) is 0 Å². The third-order valence-corrected chi connectivity index (χ3v) is 3.93. The van der Waals surface area contributed by atoms with Gasteiger partial charge in [0.1, 0.15) is 5.69 Å². The molecule has 0 aliphatic rings. The molecule has 0 saturated carbocycles. The zero-order valence-electron chi connectivity index (χ0n) is 14.2. The number of hydrogen-bond donors (Lipinski definition) is 1. The molecule has 0 unspecified atom stereocenters. The number of benzene rings is 2. The minimum atomic E-state index is -0.0666. The zero-order valence-corrected chi connectivity index (χ0v) is 14.2. The Balaban J connectivity index is 1.75. The number of hydrogen-bond acceptors (Lipinski definition) is 3. The normalized spacial score (nSPS) is 10.3. The molecule has 0 radical (unpaired) electrons. The van der Waals surface area contributed by atoms with Gasteiger partial charge in [-0.05, 0) is 36.8 Å². The van der Waals surface area contributed by atoms with Crippen molar-refractivity contribution in [3.05, 3.63) is 90.3 Å². The summed E-state index contributed by atoms with van der Waals surface area (Å²) in [5, 5.41) is 3.30. The largest absolute Gasteiger partial charge is 0.355 e. The molecular weight excluding hydrogens is 310 g/mol. The topological polar surface area (TPSA) is 45.2 Å². The van der Waals surface area contributed by atoms with E-state index in [2.05, 4.69) is 10.3 Å². The Bertz CT molecular complexity index is 819. The van der Waals surface area contributed by atoms with Crippen LogP contribution in [0.15, 0.2) is 79.0 Å². The predicted molar refractivity (Wildman–Crippen MR) is 101 cm³/mol. The summed E-state index contributed by atoms with van der Waals surface area (Å²) in [6.07, 6.45) is 1.66. The van der Waals surface area contributed by atoms with Crippen LogP contribution in [0.25, 0.3) is 0 Å². The van der Waals surface area contributed by atoms with Crippen molar-refractivity contribution >= 4 is 17.3 Å². The van der Waals surface area contributed by atoms with Crippen molar-refractivity contribution in [1.29, 1.82) is 0 Å². The van der Waals surface area contributed by atoms with E-state index in [1.165, 1.54) is 0 Å². The minimum absolute atomic E-state index is 0.0666. The smallest absolute Gasteiger partial charge is 0.272 e. The lowest BCUT2D eigenvalue weighted by atomic mass is 10.2. The minimum Gasteiger partial charge on any atom is -0.355 e. The second-order valence-corrected chi connectivity index (χ2v) is 5.73. The van der Waals surface area contributed by atoms with Crippen molar-refractivity contribution in [2.24, 2.45) is 0 Å². The van der Waals surface area contributed by atoms with Gasteiger partial charge in [-0.15, -0.1) is 0 Å². The Kier molecular flexibility index (Phi) is 5.42. The molecule has 3 aromatic rings. The first-order valence-electron chi connectivity index (χ1n) is 8.37. The van der Waals surface area contributed by atoms with E-state index in [0.717, 1.165) is 16.9 Å². The lowest BCUT2D eigenvalue weighted by Crippen LogP contribution is -2.31. The van der Waals surface area contributed by atoms with E-state index >= 15 is 0 Å². The summed E-state index contributed by atoms with van der Waals surface area (Å²) in [7, 11) is 0. The van der Waals surface area contributed by atoms with Gasteiger partial charge in [-0.2, -0.15) is 0 Å². The van der Waals surface area contributed by atoms with Crippen LogP contribution in [0.1, 0.15) is 23.0 Å². The molecule has 1 aromatic heterocycles. The van der Waals surface area contributed by atoms with Gasteiger partial charge in [0.25, 0.3) is 5.91 Å². The molecule has 4 heteroatoms. The fraction of sp³-hybridized carbons (Fsp3) is 0.143. The number of rotatable bonds is 6. The highest BCUT2D eigenvalue weighted by Gasteiger charge is 2.16. The van der Waals surface area contributed by atoms with Gasteiger partial charge in [0.2, 0.25) is 0 Å². The third kappa shape index (κ3) is 4.44. The number of aromatic nitrogens is 1. The summed E-state index contributed by atoms with van der Waals surface area (Å²) < 4.78 is 0. The number of nitrogens with zero attached hydrogens (tertiary/aromatic N) is 2. The highest BCUT2D eigenvalue weighted by atomic mass is 16.2. The van der Waals surface area contributed by atoms with Crippen LogP contribution in [0.3, 0.4) is 0 Å². The van der Waals surface area contributed by atoms with Crippen LogP contribution in [0, 0.1) is 0 Å². The highest BCUT2D eigenvalue weighted by Crippen LogP contribution is 2.17. The lowest BCUT2D eigenvalue weighted by molar-refractivity contribution is 0.0746. The van der Waals surface area contributed by atoms with E-state index in [0.29, 0.717) is 18.8 Å². The van der Waals surface area contributed by atoms with Crippen molar-refractivity contribution in [1.82, 2.24) is 9.88 Å². The SMILES string of the molecule is CCN(Cc1ccccc1)C(=O)c1cc(Nc2ccccc2)ccn1. The fourth-order valence-electron chi connectivity index (χ4n) is 2.61. The number of carbonyl (C=O) groups is 1. The summed E-state index contributed by atoms with van der Waals surface area (Å²) in [4.78, 5) is 18.9. The highest BCUT2D eigenvalue weighted by molar-refractivity contribution is 5.93. The summed E-state index contributed by atoms with van der Waals surface area (Å²) in [5.74, 6) is -0.0666. The van der Waals surface area contributed by atoms with E-state index in [1.807, 2.05) is 73.7 Å². The molecule has 0 saturated heterocycles. The fourth-order valence-corrected chi connectivity index (χ4v) is 2.61. The number of nitrogens with one attached hydrogen (secondary N) is 1. The number of carbonyl (C=O) groups excluding carboxylic acids is 1. The predicted octanol–water partition coefficient (Wildman–Crippen LogP) is 4.49. The van der Waals surface area contributed by atoms with Crippen LogP contribution in [0.4, 0.5) is 11.4 Å². The quantitative estimate of drug-likeness (QED) is 0.724. The third-order valence-electron chi connectivity index (χ3n) is 3.93. The van der Waals surface area contributed by atoms with Gasteiger partial charge in [-0.3, -0.25) is 9.78 Å². The molecule has 0 aliphatic heterocycles. The van der Waals surface area contributed by atoms with Crippen LogP contribution >= 0.6 is 0 Å². The number of amides is 1. The second kappa shape index (κ2) is 8.11. The molecule has 1 heterocycles. The molecule has 2 aromatic carbocycles. The van der Waals surface area contributed by atoms with Gasteiger partial charge in [-0.25, -0.2) is 0 Å². The molecule has 126 valence electrons. The molecule has 3 rings (SSSR count). The maximum atomic E-state index is 12.8. The van der Waals surface area contributed by atoms with Gasteiger partial charge < -0.3 is 10.2 Å². The first-order chi connectivity index (χ1) is 12.3. The maximum absolute atomic E-state index is 12.8. The van der Waals surface area contributed by atoms with Gasteiger partial charge in [0, 0.05) is 30.7 Å². The molecule has 1 amide bonds. The van der Waals surface area contributed by atoms with Crippen molar-refractivity contribution in [3.8, 4) is 0 Å². The monoisotopic (exact) mass is 331 g/mol. The molecule has 0 fully saturated rings. The number of anilines is 2. The molecule has 1 N–H and O–H groups in total. The molecule has 0 bridgehead atoms. The molecule has 0 spiro atoms. The zero-order chi connectivity index (χ0) is 17.5. The van der Waals surface area contributed by atoms with Crippen LogP contribution in [-0.2, 0) is 6.54 Å². The molecule has 4 nitrogen and oxygen atoms in total. The first kappa shape index (κ1) is 16.7. The summed E-state index contributed by atoms with van der Waals surface area (Å²) >= 11 is 0. The average Bonchev–Trinajstić information content (AvgIpc) is 2.67. The van der Waals surface area contributed by atoms with Crippen LogP contribution in [-0.4, -0.2) is 22.3 Å². The van der Waals surface area contributed by atoms with Crippen molar-refractivity contribution in [2.45, 2.75) is 13.5 Å². The number of pyridine rings is 1. The summed E-state index contributed by atoms with van der Waals surface area (Å²) in [6, 6.07) is 23.5. The molecule has 25 heavy (non-hydrogen) atoms. The number of para-hydroxylation sites is 1. The van der Waals surface area contributed by atoms with Gasteiger partial charge >= 0.3 is 0 Å². The van der Waals surface area contributed by atoms with Crippen molar-refractivity contribution in [3.63, 3.8) is 0 Å². The average molecular weight is 331 g/mol. The first-order valence-corrected chi connectivity index (χ1v) is 8.37. The summed E-state index contributed by atoms with van der Waals surface area (Å²) in [6.45, 7) is 3.19. The Hall–Kier alpha value is -3.14. The van der Waals surface area contributed by atoms with Gasteiger partial charge in [-0.1, -0.05) is 48.5 Å². The van der Waals surface area contributed by atoms with Crippen molar-refractivity contribution in [2.75, 3.05) is 11.9 Å². The van der Waals surface area contributed by atoms with Crippen LogP contribution in [0.5, 0.6) is 0 Å². The lowest BCUT2D eigenvalue weighted by Gasteiger charge is -2.21. The second-order valence-electron chi connectivity index (χ2n) is 5.73. The molecular formula is C21H21N3O. The molecule has 0 aliphatic carbocycles. The Morgan fingerprint density at radius 3 is 2.32 bits per heavy atom. The van der Waals surface area contributed by atoms with Crippen LogP contribution < -0.4 is 5.32 Å². The maximum Gasteiger partial charge on any atom is 0.272 e. The van der Waals surface area contributed by atoms with E-state index in [4.69, 9.17) is 0 Å². The van der Waals surface area contributed by atoms with E-state index in [9.17, 15) is 4.79 Å². The Morgan fingerprint density at radius 1 is 0.960 bits per heavy atom. The molecule has 0 atom stereocenters. The van der Waals surface area contributed by atoms with E-state index < -0.39 is 0 Å². The van der Waals surface area contributed by atoms with E-state index in [-0.39, 0.29) is 5.91 Å². The van der Waals surface area contributed by atoms with Gasteiger partial charge in [0.15, 0.2) is 0 Å². The Labute approximate surface area is 148 Å². The van der Waals surface area contributed by atoms with Crippen LogP contribution in [0.2, 0.25) is 0 Å². The summed E-state index contributed by atoms with van der Waals surface area (Å²) in [5.41, 5.74) is 3.37. The Morgan fingerprint density at radius 2 is 1.64 bits per heavy atom. The standard InChI is InChI=1S/C21H21N3O/c1-2-24(16-17-9-5-3-6-10-17)21(25)20-15-19(13-14-22-20)23-18-11-7-4-8-12-18/h3-15H,2,16H2,1H3,(H,22,23). The van der Waals surface area contributed by atoms with Crippen molar-refractivity contribution < 1.29 is 4.79 Å².